The number of carbonyl (C=O) groups excluding carboxylic acids is 1. The van der Waals surface area contributed by atoms with Crippen LogP contribution in [0.2, 0.25) is 0 Å². The van der Waals surface area contributed by atoms with E-state index in [0.717, 1.165) is 25.9 Å². The molecule has 6 heteroatoms. The molecule has 0 bridgehead atoms. The molecular formula is C18H25N5O. The van der Waals surface area contributed by atoms with E-state index in [9.17, 15) is 4.79 Å². The number of aryl methyl sites for hydroxylation is 2. The molecule has 3 heterocycles. The van der Waals surface area contributed by atoms with Crippen LogP contribution in [0.1, 0.15) is 66.1 Å². The van der Waals surface area contributed by atoms with E-state index in [1.807, 2.05) is 22.7 Å². The summed E-state index contributed by atoms with van der Waals surface area (Å²) in [6.07, 6.45) is 11.4. The molecule has 128 valence electrons. The molecule has 2 fully saturated rings. The summed E-state index contributed by atoms with van der Waals surface area (Å²) < 4.78 is 4.23. The molecule has 0 radical (unpaired) electrons. The highest BCUT2D eigenvalue weighted by Gasteiger charge is 2.31. The number of likely N-dealkylation sites (tertiary alicyclic amines) is 1. The van der Waals surface area contributed by atoms with Crippen LogP contribution >= 0.6 is 0 Å². The first-order valence-corrected chi connectivity index (χ1v) is 8.94. The van der Waals surface area contributed by atoms with E-state index < -0.39 is 0 Å². The van der Waals surface area contributed by atoms with Crippen molar-refractivity contribution in [1.29, 1.82) is 0 Å². The number of rotatable bonds is 3. The van der Waals surface area contributed by atoms with Crippen molar-refractivity contribution in [2.45, 2.75) is 51.0 Å². The van der Waals surface area contributed by atoms with Crippen molar-refractivity contribution in [3.05, 3.63) is 35.9 Å². The Morgan fingerprint density at radius 3 is 2.71 bits per heavy atom. The highest BCUT2D eigenvalue weighted by Crippen LogP contribution is 2.38. The highest BCUT2D eigenvalue weighted by molar-refractivity contribution is 5.92. The van der Waals surface area contributed by atoms with E-state index in [0.29, 0.717) is 17.7 Å². The second kappa shape index (κ2) is 6.07. The standard InChI is InChI=1S/C18H25N5O/c1-13-9-19-17(14-5-3-6-14)23(13)15-7-4-8-22(10-15)18(24)16-11-21(2)12-20-16/h9,11-12,14-15H,3-8,10H2,1-2H3. The van der Waals surface area contributed by atoms with Gasteiger partial charge in [-0.2, -0.15) is 0 Å². The Kier molecular flexibility index (Phi) is 3.90. The van der Waals surface area contributed by atoms with Crippen molar-refractivity contribution in [3.63, 3.8) is 0 Å². The Hall–Kier alpha value is -2.11. The third-order valence-corrected chi connectivity index (χ3v) is 5.45. The van der Waals surface area contributed by atoms with Crippen LogP contribution < -0.4 is 0 Å². The maximum absolute atomic E-state index is 12.7. The van der Waals surface area contributed by atoms with Crippen LogP contribution in [0.25, 0.3) is 0 Å². The second-order valence-corrected chi connectivity index (χ2v) is 7.23. The van der Waals surface area contributed by atoms with Gasteiger partial charge in [-0.3, -0.25) is 4.79 Å². The van der Waals surface area contributed by atoms with Gasteiger partial charge in [0.25, 0.3) is 5.91 Å². The number of hydrogen-bond donors (Lipinski definition) is 0. The first kappa shape index (κ1) is 15.4. The maximum atomic E-state index is 12.7. The highest BCUT2D eigenvalue weighted by atomic mass is 16.2. The third-order valence-electron chi connectivity index (χ3n) is 5.45. The van der Waals surface area contributed by atoms with E-state index in [1.165, 1.54) is 30.8 Å². The Morgan fingerprint density at radius 1 is 1.21 bits per heavy atom. The van der Waals surface area contributed by atoms with Crippen LogP contribution in [-0.2, 0) is 7.05 Å². The van der Waals surface area contributed by atoms with Gasteiger partial charge in [0.05, 0.1) is 12.4 Å². The van der Waals surface area contributed by atoms with Gasteiger partial charge in [0, 0.05) is 44.1 Å². The summed E-state index contributed by atoms with van der Waals surface area (Å²) in [4.78, 5) is 23.6. The predicted octanol–water partition coefficient (Wildman–Crippen LogP) is 2.67. The lowest BCUT2D eigenvalue weighted by Crippen LogP contribution is -2.41. The number of carbonyl (C=O) groups is 1. The van der Waals surface area contributed by atoms with Gasteiger partial charge in [0.2, 0.25) is 0 Å². The summed E-state index contributed by atoms with van der Waals surface area (Å²) in [5, 5.41) is 0. The molecule has 1 aliphatic carbocycles. The average molecular weight is 327 g/mol. The molecule has 1 saturated carbocycles. The first-order chi connectivity index (χ1) is 11.6. The van der Waals surface area contributed by atoms with Gasteiger partial charge in [0.15, 0.2) is 0 Å². The quantitative estimate of drug-likeness (QED) is 0.871. The molecule has 0 spiro atoms. The zero-order valence-electron chi connectivity index (χ0n) is 14.5. The zero-order chi connectivity index (χ0) is 16.7. The largest absolute Gasteiger partial charge is 0.340 e. The summed E-state index contributed by atoms with van der Waals surface area (Å²) in [6.45, 7) is 3.71. The monoisotopic (exact) mass is 327 g/mol. The van der Waals surface area contributed by atoms with Crippen LogP contribution in [0.5, 0.6) is 0 Å². The maximum Gasteiger partial charge on any atom is 0.274 e. The molecule has 1 unspecified atom stereocenters. The molecule has 1 atom stereocenters. The second-order valence-electron chi connectivity index (χ2n) is 7.23. The lowest BCUT2D eigenvalue weighted by atomic mass is 9.84. The molecule has 4 rings (SSSR count). The molecule has 1 aliphatic heterocycles. The summed E-state index contributed by atoms with van der Waals surface area (Å²) in [5.41, 5.74) is 1.76. The summed E-state index contributed by atoms with van der Waals surface area (Å²) in [7, 11) is 1.89. The Morgan fingerprint density at radius 2 is 2.04 bits per heavy atom. The lowest BCUT2D eigenvalue weighted by Gasteiger charge is -2.36. The molecule has 1 amide bonds. The molecule has 1 saturated heterocycles. The summed E-state index contributed by atoms with van der Waals surface area (Å²) >= 11 is 0. The van der Waals surface area contributed by atoms with Gasteiger partial charge in [-0.25, -0.2) is 9.97 Å². The van der Waals surface area contributed by atoms with Crippen LogP contribution in [0.4, 0.5) is 0 Å². The topological polar surface area (TPSA) is 56.0 Å². The average Bonchev–Trinajstić information content (AvgIpc) is 3.12. The number of aromatic nitrogens is 4. The van der Waals surface area contributed by atoms with Crippen molar-refractivity contribution in [1.82, 2.24) is 24.0 Å². The molecular weight excluding hydrogens is 302 g/mol. The lowest BCUT2D eigenvalue weighted by molar-refractivity contribution is 0.0670. The van der Waals surface area contributed by atoms with Crippen molar-refractivity contribution < 1.29 is 4.79 Å². The molecule has 0 aromatic carbocycles. The van der Waals surface area contributed by atoms with Crippen molar-refractivity contribution in [2.24, 2.45) is 7.05 Å². The minimum Gasteiger partial charge on any atom is -0.340 e. The normalized spacial score (nSPS) is 21.8. The van der Waals surface area contributed by atoms with E-state index >= 15 is 0 Å². The zero-order valence-corrected chi connectivity index (χ0v) is 14.5. The molecule has 6 nitrogen and oxygen atoms in total. The van der Waals surface area contributed by atoms with E-state index in [-0.39, 0.29) is 5.91 Å². The van der Waals surface area contributed by atoms with Gasteiger partial charge in [-0.05, 0) is 32.6 Å². The van der Waals surface area contributed by atoms with Gasteiger partial charge in [0.1, 0.15) is 11.5 Å². The van der Waals surface area contributed by atoms with E-state index in [1.54, 1.807) is 12.5 Å². The molecule has 2 aromatic rings. The SMILES string of the molecule is Cc1cnc(C2CCC2)n1C1CCCN(C(=O)c2cn(C)cn2)C1. The number of hydrogen-bond acceptors (Lipinski definition) is 3. The van der Waals surface area contributed by atoms with E-state index in [2.05, 4.69) is 21.5 Å². The fourth-order valence-electron chi connectivity index (χ4n) is 3.94. The first-order valence-electron chi connectivity index (χ1n) is 8.94. The smallest absolute Gasteiger partial charge is 0.274 e. The van der Waals surface area contributed by atoms with Gasteiger partial charge in [-0.15, -0.1) is 0 Å². The van der Waals surface area contributed by atoms with Crippen LogP contribution in [0.3, 0.4) is 0 Å². The minimum atomic E-state index is 0.0447. The van der Waals surface area contributed by atoms with Crippen LogP contribution in [0.15, 0.2) is 18.7 Å². The molecule has 24 heavy (non-hydrogen) atoms. The fraction of sp³-hybridized carbons (Fsp3) is 0.611. The van der Waals surface area contributed by atoms with Crippen molar-refractivity contribution in [3.8, 4) is 0 Å². The molecule has 0 N–H and O–H groups in total. The van der Waals surface area contributed by atoms with Crippen LogP contribution in [-0.4, -0.2) is 43.0 Å². The number of amides is 1. The van der Waals surface area contributed by atoms with Crippen molar-refractivity contribution in [2.75, 3.05) is 13.1 Å². The van der Waals surface area contributed by atoms with Crippen LogP contribution in [0, 0.1) is 6.92 Å². The molecule has 2 aliphatic rings. The number of imidazole rings is 2. The number of nitrogens with zero attached hydrogens (tertiary/aromatic N) is 5. The van der Waals surface area contributed by atoms with Gasteiger partial charge < -0.3 is 14.0 Å². The summed E-state index contributed by atoms with van der Waals surface area (Å²) in [5.74, 6) is 1.89. The fourth-order valence-corrected chi connectivity index (χ4v) is 3.94. The summed E-state index contributed by atoms with van der Waals surface area (Å²) in [6, 6.07) is 0.338. The van der Waals surface area contributed by atoms with Gasteiger partial charge >= 0.3 is 0 Å². The van der Waals surface area contributed by atoms with Crippen molar-refractivity contribution >= 4 is 5.91 Å². The van der Waals surface area contributed by atoms with Gasteiger partial charge in [-0.1, -0.05) is 6.42 Å². The molecule has 2 aromatic heterocycles. The Balaban J connectivity index is 1.55. The Bertz CT molecular complexity index is 742. The third kappa shape index (κ3) is 2.64. The minimum absolute atomic E-state index is 0.0447. The number of piperidine rings is 1. The van der Waals surface area contributed by atoms with E-state index in [4.69, 9.17) is 0 Å². The predicted molar refractivity (Wildman–Crippen MR) is 90.9 cm³/mol. The Labute approximate surface area is 142 Å².